The number of nitrogens with one attached hydrogen (secondary N) is 2. The van der Waals surface area contributed by atoms with Crippen molar-refractivity contribution in [1.29, 1.82) is 0 Å². The lowest BCUT2D eigenvalue weighted by Gasteiger charge is -2.13. The van der Waals surface area contributed by atoms with Crippen LogP contribution in [0.4, 0.5) is 10.5 Å². The van der Waals surface area contributed by atoms with Crippen LogP contribution in [0, 0.1) is 0 Å². The van der Waals surface area contributed by atoms with E-state index < -0.39 is 6.09 Å². The maximum absolute atomic E-state index is 11.7. The third-order valence-electron chi connectivity index (χ3n) is 3.34. The Bertz CT molecular complexity index is 417. The summed E-state index contributed by atoms with van der Waals surface area (Å²) in [6.07, 6.45) is 2.13. The van der Waals surface area contributed by atoms with Gasteiger partial charge in [-0.3, -0.25) is 5.32 Å². The standard InChI is InChI=1S/C14H20N2O3/c1-18-13-7-3-2-6-12(13)15-14(17)19-11-10-16-8-4-5-9-16/h2-3,6-7H,4-5,8-11H2,1H3,(H,15,17)/p+1. The SMILES string of the molecule is COc1ccccc1NC(=O)OCC[NH+]1CCCC1. The molecule has 2 rings (SSSR count). The van der Waals surface area contributed by atoms with Crippen LogP contribution >= 0.6 is 0 Å². The van der Waals surface area contributed by atoms with E-state index in [1.165, 1.54) is 30.8 Å². The first-order valence-electron chi connectivity index (χ1n) is 6.70. The molecule has 1 aliphatic rings. The van der Waals surface area contributed by atoms with E-state index in [-0.39, 0.29) is 0 Å². The lowest BCUT2D eigenvalue weighted by Crippen LogP contribution is -3.10. The molecule has 0 atom stereocenters. The molecule has 1 saturated heterocycles. The van der Waals surface area contributed by atoms with Gasteiger partial charge in [-0.15, -0.1) is 0 Å². The van der Waals surface area contributed by atoms with Crippen molar-refractivity contribution in [3.8, 4) is 5.75 Å². The zero-order chi connectivity index (χ0) is 13.5. The van der Waals surface area contributed by atoms with Gasteiger partial charge in [0.05, 0.1) is 25.9 Å². The second kappa shape index (κ2) is 6.99. The summed E-state index contributed by atoms with van der Waals surface area (Å²) in [7, 11) is 1.57. The van der Waals surface area contributed by atoms with Gasteiger partial charge >= 0.3 is 6.09 Å². The first-order valence-corrected chi connectivity index (χ1v) is 6.70. The van der Waals surface area contributed by atoms with Crippen molar-refractivity contribution in [3.63, 3.8) is 0 Å². The molecule has 0 unspecified atom stereocenters. The summed E-state index contributed by atoms with van der Waals surface area (Å²) in [4.78, 5) is 13.2. The minimum atomic E-state index is -0.428. The topological polar surface area (TPSA) is 52.0 Å². The van der Waals surface area contributed by atoms with E-state index in [2.05, 4.69) is 5.32 Å². The number of methoxy groups -OCH3 is 1. The molecule has 0 bridgehead atoms. The van der Waals surface area contributed by atoms with Crippen molar-refractivity contribution >= 4 is 11.8 Å². The number of carbonyl (C=O) groups excluding carboxylic acids is 1. The molecule has 5 nitrogen and oxygen atoms in total. The van der Waals surface area contributed by atoms with Gasteiger partial charge in [-0.1, -0.05) is 12.1 Å². The zero-order valence-electron chi connectivity index (χ0n) is 11.3. The molecule has 1 aromatic carbocycles. The number of amides is 1. The van der Waals surface area contributed by atoms with Gasteiger partial charge in [0.1, 0.15) is 18.9 Å². The van der Waals surface area contributed by atoms with Gasteiger partial charge in [0, 0.05) is 12.8 Å². The van der Waals surface area contributed by atoms with E-state index in [9.17, 15) is 4.79 Å². The molecular formula is C14H21N2O3+. The van der Waals surface area contributed by atoms with Crippen LogP contribution in [0.3, 0.4) is 0 Å². The summed E-state index contributed by atoms with van der Waals surface area (Å²) >= 11 is 0. The molecule has 0 aliphatic carbocycles. The summed E-state index contributed by atoms with van der Waals surface area (Å²) < 4.78 is 10.3. The smallest absolute Gasteiger partial charge is 0.411 e. The molecule has 19 heavy (non-hydrogen) atoms. The molecule has 5 heteroatoms. The molecule has 1 fully saturated rings. The Labute approximate surface area is 113 Å². The molecule has 0 radical (unpaired) electrons. The first kappa shape index (κ1) is 13.7. The van der Waals surface area contributed by atoms with Crippen LogP contribution in [0.5, 0.6) is 5.75 Å². The second-order valence-electron chi connectivity index (χ2n) is 4.67. The number of benzene rings is 1. The molecule has 0 spiro atoms. The monoisotopic (exact) mass is 265 g/mol. The highest BCUT2D eigenvalue weighted by molar-refractivity contribution is 5.86. The predicted octanol–water partition coefficient (Wildman–Crippen LogP) is 0.922. The number of para-hydroxylation sites is 2. The lowest BCUT2D eigenvalue weighted by atomic mass is 10.3. The molecule has 1 amide bonds. The fourth-order valence-corrected chi connectivity index (χ4v) is 2.31. The first-order chi connectivity index (χ1) is 9.29. The van der Waals surface area contributed by atoms with Crippen molar-refractivity contribution in [1.82, 2.24) is 0 Å². The van der Waals surface area contributed by atoms with Crippen LogP contribution < -0.4 is 15.0 Å². The van der Waals surface area contributed by atoms with Crippen molar-refractivity contribution in [2.24, 2.45) is 0 Å². The number of anilines is 1. The Hall–Kier alpha value is -1.75. The van der Waals surface area contributed by atoms with Gasteiger partial charge in [-0.25, -0.2) is 4.79 Å². The number of hydrogen-bond donors (Lipinski definition) is 2. The van der Waals surface area contributed by atoms with Crippen LogP contribution in [0.1, 0.15) is 12.8 Å². The minimum Gasteiger partial charge on any atom is -0.495 e. The summed E-state index contributed by atoms with van der Waals surface area (Å²) in [5.74, 6) is 0.629. The van der Waals surface area contributed by atoms with Crippen LogP contribution in [-0.2, 0) is 4.74 Å². The number of rotatable bonds is 5. The maximum Gasteiger partial charge on any atom is 0.411 e. The van der Waals surface area contributed by atoms with E-state index in [4.69, 9.17) is 9.47 Å². The molecular weight excluding hydrogens is 244 g/mol. The van der Waals surface area contributed by atoms with E-state index in [1.807, 2.05) is 12.1 Å². The molecule has 1 aromatic rings. The van der Waals surface area contributed by atoms with Crippen LogP contribution in [0.25, 0.3) is 0 Å². The fraction of sp³-hybridized carbons (Fsp3) is 0.500. The van der Waals surface area contributed by atoms with Gasteiger partial charge in [0.15, 0.2) is 0 Å². The Balaban J connectivity index is 1.74. The summed E-state index contributed by atoms with van der Waals surface area (Å²) in [6, 6.07) is 7.27. The average Bonchev–Trinajstić information content (AvgIpc) is 2.92. The molecule has 0 saturated carbocycles. The van der Waals surface area contributed by atoms with E-state index in [1.54, 1.807) is 19.2 Å². The average molecular weight is 265 g/mol. The number of carbonyl (C=O) groups is 1. The predicted molar refractivity (Wildman–Crippen MR) is 72.8 cm³/mol. The molecule has 104 valence electrons. The summed E-state index contributed by atoms with van der Waals surface area (Å²) in [5.41, 5.74) is 0.628. The maximum atomic E-state index is 11.7. The normalized spacial score (nSPS) is 15.2. The van der Waals surface area contributed by atoms with Gasteiger partial charge < -0.3 is 14.4 Å². The third kappa shape index (κ3) is 4.13. The van der Waals surface area contributed by atoms with Crippen LogP contribution in [-0.4, -0.2) is 39.4 Å². The second-order valence-corrected chi connectivity index (χ2v) is 4.67. The minimum absolute atomic E-state index is 0.428. The Kier molecular flexibility index (Phi) is 5.03. The number of ether oxygens (including phenoxy) is 2. The third-order valence-corrected chi connectivity index (χ3v) is 3.34. The van der Waals surface area contributed by atoms with Crippen LogP contribution in [0.2, 0.25) is 0 Å². The molecule has 1 heterocycles. The lowest BCUT2D eigenvalue weighted by molar-refractivity contribution is -0.887. The van der Waals surface area contributed by atoms with Crippen molar-refractivity contribution in [3.05, 3.63) is 24.3 Å². The van der Waals surface area contributed by atoms with Crippen LogP contribution in [0.15, 0.2) is 24.3 Å². The molecule has 1 aliphatic heterocycles. The summed E-state index contributed by atoms with van der Waals surface area (Å²) in [5, 5.41) is 2.69. The largest absolute Gasteiger partial charge is 0.495 e. The van der Waals surface area contributed by atoms with Crippen molar-refractivity contribution in [2.75, 3.05) is 38.7 Å². The van der Waals surface area contributed by atoms with Gasteiger partial charge in [0.2, 0.25) is 0 Å². The van der Waals surface area contributed by atoms with Gasteiger partial charge in [-0.05, 0) is 12.1 Å². The van der Waals surface area contributed by atoms with Gasteiger partial charge in [0.25, 0.3) is 0 Å². The van der Waals surface area contributed by atoms with E-state index >= 15 is 0 Å². The number of likely N-dealkylation sites (tertiary alicyclic amines) is 1. The Morgan fingerprint density at radius 2 is 2.05 bits per heavy atom. The Morgan fingerprint density at radius 3 is 2.79 bits per heavy atom. The highest BCUT2D eigenvalue weighted by Gasteiger charge is 2.15. The highest BCUT2D eigenvalue weighted by Crippen LogP contribution is 2.22. The Morgan fingerprint density at radius 1 is 1.32 bits per heavy atom. The van der Waals surface area contributed by atoms with Crippen molar-refractivity contribution in [2.45, 2.75) is 12.8 Å². The molecule has 0 aromatic heterocycles. The van der Waals surface area contributed by atoms with E-state index in [0.717, 1.165) is 6.54 Å². The molecule has 2 N–H and O–H groups in total. The summed E-state index contributed by atoms with van der Waals surface area (Å²) in [6.45, 7) is 3.73. The van der Waals surface area contributed by atoms with Gasteiger partial charge in [-0.2, -0.15) is 0 Å². The quantitative estimate of drug-likeness (QED) is 0.832. The van der Waals surface area contributed by atoms with Crippen molar-refractivity contribution < 1.29 is 19.2 Å². The zero-order valence-corrected chi connectivity index (χ0v) is 11.3. The van der Waals surface area contributed by atoms with E-state index in [0.29, 0.717) is 18.0 Å². The number of quaternary nitrogens is 1. The fourth-order valence-electron chi connectivity index (χ4n) is 2.31. The highest BCUT2D eigenvalue weighted by atomic mass is 16.5. The number of hydrogen-bond acceptors (Lipinski definition) is 3.